The number of aromatic nitrogens is 1. The van der Waals surface area contributed by atoms with Crippen LogP contribution in [0.1, 0.15) is 12.0 Å². The molecule has 0 radical (unpaired) electrons. The minimum atomic E-state index is 0.787. The molecule has 0 bridgehead atoms. The lowest BCUT2D eigenvalue weighted by Crippen LogP contribution is -2.27. The van der Waals surface area contributed by atoms with Crippen molar-refractivity contribution in [3.05, 3.63) is 35.0 Å². The summed E-state index contributed by atoms with van der Waals surface area (Å²) >= 11 is 6.00. The predicted molar refractivity (Wildman–Crippen MR) is 76.1 cm³/mol. The minimum absolute atomic E-state index is 0.787. The molecule has 0 spiro atoms. The van der Waals surface area contributed by atoms with Crippen LogP contribution in [-0.4, -0.2) is 36.1 Å². The standard InChI is InChI=1S/C14H18ClN3/c15-12-2-3-13-11(9-17-14(13)8-12)10-18-6-1-4-16-5-7-18/h2-3,8-9,16-17H,1,4-7,10H2. The summed E-state index contributed by atoms with van der Waals surface area (Å²) in [5.41, 5.74) is 2.49. The number of hydrogen-bond acceptors (Lipinski definition) is 2. The van der Waals surface area contributed by atoms with Crippen molar-refractivity contribution in [1.29, 1.82) is 0 Å². The molecule has 1 aromatic heterocycles. The molecule has 3 rings (SSSR count). The van der Waals surface area contributed by atoms with Gasteiger partial charge in [-0.15, -0.1) is 0 Å². The second-order valence-corrected chi connectivity index (χ2v) is 5.32. The van der Waals surface area contributed by atoms with Gasteiger partial charge >= 0.3 is 0 Å². The quantitative estimate of drug-likeness (QED) is 0.873. The van der Waals surface area contributed by atoms with E-state index in [0.29, 0.717) is 0 Å². The number of fused-ring (bicyclic) bond motifs is 1. The number of H-pyrrole nitrogens is 1. The van der Waals surface area contributed by atoms with Gasteiger partial charge in [-0.3, -0.25) is 4.90 Å². The first-order chi connectivity index (χ1) is 8.83. The van der Waals surface area contributed by atoms with Crippen molar-refractivity contribution in [3.63, 3.8) is 0 Å². The van der Waals surface area contributed by atoms with Crippen molar-refractivity contribution in [2.24, 2.45) is 0 Å². The van der Waals surface area contributed by atoms with Crippen molar-refractivity contribution >= 4 is 22.5 Å². The normalized spacial score (nSPS) is 18.1. The van der Waals surface area contributed by atoms with Crippen molar-refractivity contribution < 1.29 is 0 Å². The lowest BCUT2D eigenvalue weighted by Gasteiger charge is -2.18. The first-order valence-corrected chi connectivity index (χ1v) is 6.89. The Bertz CT molecular complexity index is 527. The van der Waals surface area contributed by atoms with E-state index >= 15 is 0 Å². The van der Waals surface area contributed by atoms with Gasteiger partial charge in [0.1, 0.15) is 0 Å². The molecule has 0 amide bonds. The molecule has 0 unspecified atom stereocenters. The van der Waals surface area contributed by atoms with E-state index < -0.39 is 0 Å². The van der Waals surface area contributed by atoms with Crippen LogP contribution in [0.4, 0.5) is 0 Å². The van der Waals surface area contributed by atoms with Crippen LogP contribution in [0, 0.1) is 0 Å². The molecule has 0 atom stereocenters. The summed E-state index contributed by atoms with van der Waals surface area (Å²) in [5.74, 6) is 0. The maximum Gasteiger partial charge on any atom is 0.0472 e. The van der Waals surface area contributed by atoms with Gasteiger partial charge in [0.15, 0.2) is 0 Å². The highest BCUT2D eigenvalue weighted by Crippen LogP contribution is 2.23. The minimum Gasteiger partial charge on any atom is -0.361 e. The molecule has 0 aliphatic carbocycles. The van der Waals surface area contributed by atoms with Crippen LogP contribution >= 0.6 is 11.6 Å². The average Bonchev–Trinajstić information content (AvgIpc) is 2.59. The fourth-order valence-electron chi connectivity index (χ4n) is 2.59. The summed E-state index contributed by atoms with van der Waals surface area (Å²) in [5, 5.41) is 5.51. The summed E-state index contributed by atoms with van der Waals surface area (Å²) in [6.07, 6.45) is 3.34. The van der Waals surface area contributed by atoms with Gasteiger partial charge in [0, 0.05) is 41.8 Å². The van der Waals surface area contributed by atoms with Gasteiger partial charge in [-0.05, 0) is 37.2 Å². The third-order valence-corrected chi connectivity index (χ3v) is 3.79. The SMILES string of the molecule is Clc1ccc2c(CN3CCCNCC3)c[nH]c2c1. The van der Waals surface area contributed by atoms with Crippen LogP contribution in [0.15, 0.2) is 24.4 Å². The molecule has 2 N–H and O–H groups in total. The van der Waals surface area contributed by atoms with Crippen molar-refractivity contribution in [1.82, 2.24) is 15.2 Å². The van der Waals surface area contributed by atoms with Crippen LogP contribution in [0.25, 0.3) is 10.9 Å². The second kappa shape index (κ2) is 5.31. The fraction of sp³-hybridized carbons (Fsp3) is 0.429. The van der Waals surface area contributed by atoms with Gasteiger partial charge in [-0.1, -0.05) is 17.7 Å². The van der Waals surface area contributed by atoms with Gasteiger partial charge in [0.05, 0.1) is 0 Å². The molecule has 0 saturated carbocycles. The van der Waals surface area contributed by atoms with Crippen LogP contribution in [0.5, 0.6) is 0 Å². The van der Waals surface area contributed by atoms with E-state index in [0.717, 1.165) is 36.7 Å². The molecule has 4 heteroatoms. The van der Waals surface area contributed by atoms with Crippen molar-refractivity contribution in [2.45, 2.75) is 13.0 Å². The molecule has 1 aliphatic heterocycles. The molecular formula is C14H18ClN3. The number of hydrogen-bond donors (Lipinski definition) is 2. The monoisotopic (exact) mass is 263 g/mol. The van der Waals surface area contributed by atoms with Gasteiger partial charge < -0.3 is 10.3 Å². The lowest BCUT2D eigenvalue weighted by atomic mass is 10.1. The Hall–Kier alpha value is -1.03. The Balaban J connectivity index is 1.81. The smallest absolute Gasteiger partial charge is 0.0472 e. The molecular weight excluding hydrogens is 246 g/mol. The average molecular weight is 264 g/mol. The van der Waals surface area contributed by atoms with Crippen molar-refractivity contribution in [3.8, 4) is 0 Å². The van der Waals surface area contributed by atoms with Gasteiger partial charge in [-0.25, -0.2) is 0 Å². The number of nitrogens with one attached hydrogen (secondary N) is 2. The zero-order chi connectivity index (χ0) is 12.4. The second-order valence-electron chi connectivity index (χ2n) is 4.88. The fourth-order valence-corrected chi connectivity index (χ4v) is 2.76. The van der Waals surface area contributed by atoms with Gasteiger partial charge in [0.2, 0.25) is 0 Å². The zero-order valence-electron chi connectivity index (χ0n) is 10.4. The van der Waals surface area contributed by atoms with Crippen molar-refractivity contribution in [2.75, 3.05) is 26.2 Å². The Morgan fingerprint density at radius 2 is 2.17 bits per heavy atom. The summed E-state index contributed by atoms with van der Waals surface area (Å²) in [7, 11) is 0. The number of aromatic amines is 1. The Kier molecular flexibility index (Phi) is 3.55. The number of rotatable bonds is 2. The molecule has 96 valence electrons. The van der Waals surface area contributed by atoms with E-state index in [-0.39, 0.29) is 0 Å². The maximum atomic E-state index is 6.00. The topological polar surface area (TPSA) is 31.1 Å². The van der Waals surface area contributed by atoms with E-state index in [1.807, 2.05) is 12.1 Å². The Morgan fingerprint density at radius 1 is 1.22 bits per heavy atom. The molecule has 1 saturated heterocycles. The highest BCUT2D eigenvalue weighted by Gasteiger charge is 2.11. The Labute approximate surface area is 112 Å². The summed E-state index contributed by atoms with van der Waals surface area (Å²) < 4.78 is 0. The van der Waals surface area contributed by atoms with Crippen LogP contribution < -0.4 is 5.32 Å². The molecule has 2 heterocycles. The van der Waals surface area contributed by atoms with Crippen LogP contribution in [-0.2, 0) is 6.54 Å². The van der Waals surface area contributed by atoms with E-state index in [2.05, 4.69) is 27.5 Å². The molecule has 2 aromatic rings. The maximum absolute atomic E-state index is 6.00. The van der Waals surface area contributed by atoms with E-state index in [9.17, 15) is 0 Å². The number of benzene rings is 1. The van der Waals surface area contributed by atoms with E-state index in [4.69, 9.17) is 11.6 Å². The first kappa shape index (κ1) is 12.0. The Morgan fingerprint density at radius 3 is 3.11 bits per heavy atom. The highest BCUT2D eigenvalue weighted by molar-refractivity contribution is 6.31. The first-order valence-electron chi connectivity index (χ1n) is 6.51. The van der Waals surface area contributed by atoms with Crippen LogP contribution in [0.2, 0.25) is 5.02 Å². The third kappa shape index (κ3) is 2.53. The molecule has 3 nitrogen and oxygen atoms in total. The lowest BCUT2D eigenvalue weighted by molar-refractivity contribution is 0.285. The summed E-state index contributed by atoms with van der Waals surface area (Å²) in [6.45, 7) is 5.55. The van der Waals surface area contributed by atoms with E-state index in [1.165, 1.54) is 23.9 Å². The highest BCUT2D eigenvalue weighted by atomic mass is 35.5. The van der Waals surface area contributed by atoms with Gasteiger partial charge in [-0.2, -0.15) is 0 Å². The summed E-state index contributed by atoms with van der Waals surface area (Å²) in [4.78, 5) is 5.82. The molecule has 1 fully saturated rings. The zero-order valence-corrected chi connectivity index (χ0v) is 11.1. The largest absolute Gasteiger partial charge is 0.361 e. The number of halogens is 1. The summed E-state index contributed by atoms with van der Waals surface area (Å²) in [6, 6.07) is 6.06. The molecule has 1 aromatic carbocycles. The molecule has 18 heavy (non-hydrogen) atoms. The predicted octanol–water partition coefficient (Wildman–Crippen LogP) is 2.62. The van der Waals surface area contributed by atoms with E-state index in [1.54, 1.807) is 0 Å². The molecule has 1 aliphatic rings. The number of nitrogens with zero attached hydrogens (tertiary/aromatic N) is 1. The van der Waals surface area contributed by atoms with Gasteiger partial charge in [0.25, 0.3) is 0 Å². The van der Waals surface area contributed by atoms with Crippen LogP contribution in [0.3, 0.4) is 0 Å². The third-order valence-electron chi connectivity index (χ3n) is 3.56.